The lowest BCUT2D eigenvalue weighted by atomic mass is 10.0. The van der Waals surface area contributed by atoms with E-state index in [4.69, 9.17) is 4.74 Å². The Morgan fingerprint density at radius 2 is 1.78 bits per heavy atom. The van der Waals surface area contributed by atoms with Crippen molar-refractivity contribution in [2.24, 2.45) is 0 Å². The molecule has 1 aromatic rings. The van der Waals surface area contributed by atoms with Crippen LogP contribution in [0.4, 0.5) is 13.2 Å². The van der Waals surface area contributed by atoms with Crippen LogP contribution in [0, 0.1) is 0 Å². The summed E-state index contributed by atoms with van der Waals surface area (Å²) in [6, 6.07) is 5.39. The van der Waals surface area contributed by atoms with Crippen molar-refractivity contribution in [3.05, 3.63) is 29.8 Å². The molecule has 0 saturated heterocycles. The van der Waals surface area contributed by atoms with Crippen molar-refractivity contribution in [1.82, 2.24) is 0 Å². The topological polar surface area (TPSA) is 38.7 Å². The zero-order chi connectivity index (χ0) is 13.8. The van der Waals surface area contributed by atoms with Crippen LogP contribution in [0.25, 0.3) is 0 Å². The zero-order valence-corrected chi connectivity index (χ0v) is 10.1. The van der Waals surface area contributed by atoms with E-state index in [1.54, 1.807) is 6.92 Å². The van der Waals surface area contributed by atoms with E-state index in [0.29, 0.717) is 12.0 Å². The highest BCUT2D eigenvalue weighted by atomic mass is 19.4. The fourth-order valence-electron chi connectivity index (χ4n) is 1.39. The number of benzene rings is 1. The van der Waals surface area contributed by atoms with Crippen molar-refractivity contribution in [1.29, 1.82) is 0 Å². The average molecular weight is 264 g/mol. The van der Waals surface area contributed by atoms with Gasteiger partial charge in [0.05, 0.1) is 12.2 Å². The molecule has 18 heavy (non-hydrogen) atoms. The lowest BCUT2D eigenvalue weighted by Gasteiger charge is -2.17. The van der Waals surface area contributed by atoms with Gasteiger partial charge in [-0.1, -0.05) is 12.1 Å². The molecule has 1 aromatic carbocycles. The molecule has 1 rings (SSSR count). The third kappa shape index (κ3) is 4.93. The largest absolute Gasteiger partial charge is 0.573 e. The zero-order valence-electron chi connectivity index (χ0n) is 10.1. The van der Waals surface area contributed by atoms with Gasteiger partial charge in [-0.2, -0.15) is 0 Å². The highest BCUT2D eigenvalue weighted by molar-refractivity contribution is 5.27. The Labute approximate surface area is 103 Å². The summed E-state index contributed by atoms with van der Waals surface area (Å²) in [4.78, 5) is 0. The molecule has 2 atom stereocenters. The molecular weight excluding hydrogens is 249 g/mol. The Balaban J connectivity index is 2.60. The van der Waals surface area contributed by atoms with Crippen LogP contribution in [0.2, 0.25) is 0 Å². The Morgan fingerprint density at radius 1 is 1.22 bits per heavy atom. The number of aliphatic hydroxyl groups excluding tert-OH is 1. The fraction of sp³-hybridized carbons (Fsp3) is 0.500. The van der Waals surface area contributed by atoms with Crippen molar-refractivity contribution >= 4 is 0 Å². The summed E-state index contributed by atoms with van der Waals surface area (Å²) in [6.45, 7) is 1.71. The second-order valence-corrected chi connectivity index (χ2v) is 3.90. The summed E-state index contributed by atoms with van der Waals surface area (Å²) in [5.41, 5.74) is 0.709. The van der Waals surface area contributed by atoms with Gasteiger partial charge in [0.1, 0.15) is 5.75 Å². The molecule has 0 saturated carbocycles. The second kappa shape index (κ2) is 6.06. The smallest absolute Gasteiger partial charge is 0.406 e. The SMILES string of the molecule is COC(C)C(O)Cc1ccc(OC(F)(F)F)cc1. The molecule has 102 valence electrons. The maximum atomic E-state index is 11.9. The lowest BCUT2D eigenvalue weighted by Crippen LogP contribution is -2.26. The maximum absolute atomic E-state index is 11.9. The molecular formula is C12H15F3O3. The first-order chi connectivity index (χ1) is 8.31. The molecule has 0 fully saturated rings. The van der Waals surface area contributed by atoms with Crippen LogP contribution in [-0.2, 0) is 11.2 Å². The standard InChI is InChI=1S/C12H15F3O3/c1-8(17-2)11(16)7-9-3-5-10(6-4-9)18-12(13,14)15/h3-6,8,11,16H,7H2,1-2H3. The summed E-state index contributed by atoms with van der Waals surface area (Å²) >= 11 is 0. The van der Waals surface area contributed by atoms with Crippen molar-refractivity contribution in [2.75, 3.05) is 7.11 Å². The first-order valence-corrected chi connectivity index (χ1v) is 5.37. The number of ether oxygens (including phenoxy) is 2. The van der Waals surface area contributed by atoms with E-state index in [2.05, 4.69) is 4.74 Å². The van der Waals surface area contributed by atoms with Crippen LogP contribution in [0.1, 0.15) is 12.5 Å². The van der Waals surface area contributed by atoms with Crippen molar-refractivity contribution in [3.8, 4) is 5.75 Å². The van der Waals surface area contributed by atoms with Gasteiger partial charge < -0.3 is 14.6 Å². The summed E-state index contributed by atoms with van der Waals surface area (Å²) in [6.07, 6.45) is -5.42. The van der Waals surface area contributed by atoms with E-state index in [9.17, 15) is 18.3 Å². The van der Waals surface area contributed by atoms with E-state index in [1.165, 1.54) is 31.4 Å². The lowest BCUT2D eigenvalue weighted by molar-refractivity contribution is -0.274. The predicted molar refractivity (Wildman–Crippen MR) is 59.3 cm³/mol. The van der Waals surface area contributed by atoms with Crippen LogP contribution < -0.4 is 4.74 Å². The summed E-state index contributed by atoms with van der Waals surface area (Å²) in [7, 11) is 1.48. The monoisotopic (exact) mass is 264 g/mol. The molecule has 0 spiro atoms. The number of rotatable bonds is 5. The number of aliphatic hydroxyl groups is 1. The molecule has 1 N–H and O–H groups in total. The van der Waals surface area contributed by atoms with Crippen LogP contribution in [-0.4, -0.2) is 30.8 Å². The van der Waals surface area contributed by atoms with Gasteiger partial charge in [0.2, 0.25) is 0 Å². The van der Waals surface area contributed by atoms with Gasteiger partial charge in [-0.05, 0) is 24.6 Å². The van der Waals surface area contributed by atoms with E-state index in [1.807, 2.05) is 0 Å². The molecule has 6 heteroatoms. The third-order valence-corrected chi connectivity index (χ3v) is 2.52. The minimum absolute atomic E-state index is 0.277. The van der Waals surface area contributed by atoms with E-state index in [0.717, 1.165) is 0 Å². The maximum Gasteiger partial charge on any atom is 0.573 e. The van der Waals surface area contributed by atoms with Gasteiger partial charge in [-0.25, -0.2) is 0 Å². The first-order valence-electron chi connectivity index (χ1n) is 5.37. The van der Waals surface area contributed by atoms with Crippen LogP contribution in [0.15, 0.2) is 24.3 Å². The summed E-state index contributed by atoms with van der Waals surface area (Å²) in [5.74, 6) is -0.277. The number of hydrogen-bond acceptors (Lipinski definition) is 3. The summed E-state index contributed by atoms with van der Waals surface area (Å²) < 4.78 is 44.5. The normalized spacial score (nSPS) is 15.2. The van der Waals surface area contributed by atoms with Crippen molar-refractivity contribution in [3.63, 3.8) is 0 Å². The minimum Gasteiger partial charge on any atom is -0.406 e. The number of methoxy groups -OCH3 is 1. The van der Waals surface area contributed by atoms with Gasteiger partial charge in [-0.3, -0.25) is 0 Å². The molecule has 0 radical (unpaired) electrons. The van der Waals surface area contributed by atoms with Gasteiger partial charge in [-0.15, -0.1) is 13.2 Å². The van der Waals surface area contributed by atoms with Gasteiger partial charge in [0, 0.05) is 13.5 Å². The van der Waals surface area contributed by atoms with Gasteiger partial charge in [0.25, 0.3) is 0 Å². The van der Waals surface area contributed by atoms with E-state index in [-0.39, 0.29) is 11.9 Å². The molecule has 0 heterocycles. The highest BCUT2D eigenvalue weighted by Gasteiger charge is 2.30. The van der Waals surface area contributed by atoms with Gasteiger partial charge in [0.15, 0.2) is 0 Å². The molecule has 0 aliphatic rings. The Bertz CT molecular complexity index is 362. The van der Waals surface area contributed by atoms with E-state index < -0.39 is 12.5 Å². The number of hydrogen-bond donors (Lipinski definition) is 1. The molecule has 0 aliphatic carbocycles. The van der Waals surface area contributed by atoms with Gasteiger partial charge >= 0.3 is 6.36 Å². The first kappa shape index (κ1) is 14.8. The van der Waals surface area contributed by atoms with Crippen LogP contribution >= 0.6 is 0 Å². The fourth-order valence-corrected chi connectivity index (χ4v) is 1.39. The van der Waals surface area contributed by atoms with Crippen molar-refractivity contribution < 1.29 is 27.8 Å². The molecule has 0 aliphatic heterocycles. The Morgan fingerprint density at radius 3 is 2.22 bits per heavy atom. The third-order valence-electron chi connectivity index (χ3n) is 2.52. The average Bonchev–Trinajstić information content (AvgIpc) is 2.28. The van der Waals surface area contributed by atoms with Crippen LogP contribution in [0.5, 0.6) is 5.75 Å². The molecule has 3 nitrogen and oxygen atoms in total. The molecule has 0 aromatic heterocycles. The molecule has 0 bridgehead atoms. The van der Waals surface area contributed by atoms with Crippen LogP contribution in [0.3, 0.4) is 0 Å². The predicted octanol–water partition coefficient (Wildman–Crippen LogP) is 2.52. The molecule has 0 amide bonds. The minimum atomic E-state index is -4.69. The number of alkyl halides is 3. The van der Waals surface area contributed by atoms with Crippen molar-refractivity contribution in [2.45, 2.75) is 31.9 Å². The summed E-state index contributed by atoms with van der Waals surface area (Å²) in [5, 5.41) is 9.69. The Kier molecular flexibility index (Phi) is 4.98. The second-order valence-electron chi connectivity index (χ2n) is 3.90. The Hall–Kier alpha value is -1.27. The molecule has 2 unspecified atom stereocenters. The van der Waals surface area contributed by atoms with E-state index >= 15 is 0 Å². The highest BCUT2D eigenvalue weighted by Crippen LogP contribution is 2.23. The number of halogens is 3. The quantitative estimate of drug-likeness (QED) is 0.888.